The van der Waals surface area contributed by atoms with E-state index < -0.39 is 6.04 Å². The molecule has 25 heavy (non-hydrogen) atoms. The Labute approximate surface area is 147 Å². The molecule has 1 aliphatic rings. The number of nitrogens with zero attached hydrogens (tertiary/aromatic N) is 1. The lowest BCUT2D eigenvalue weighted by Crippen LogP contribution is -2.36. The van der Waals surface area contributed by atoms with E-state index in [2.05, 4.69) is 5.32 Å². The summed E-state index contributed by atoms with van der Waals surface area (Å²) in [6.45, 7) is 5.85. The van der Waals surface area contributed by atoms with E-state index in [9.17, 15) is 9.59 Å². The number of hydrogen-bond acceptors (Lipinski definition) is 3. The van der Waals surface area contributed by atoms with Crippen molar-refractivity contribution in [3.8, 4) is 5.75 Å². The number of ether oxygens (including phenoxy) is 1. The van der Waals surface area contributed by atoms with E-state index in [0.29, 0.717) is 6.54 Å². The van der Waals surface area contributed by atoms with Crippen molar-refractivity contribution in [2.24, 2.45) is 0 Å². The third-order valence-electron chi connectivity index (χ3n) is 4.56. The predicted molar refractivity (Wildman–Crippen MR) is 96.7 cm³/mol. The van der Waals surface area contributed by atoms with Crippen LogP contribution >= 0.6 is 0 Å². The van der Waals surface area contributed by atoms with Crippen molar-refractivity contribution in [3.63, 3.8) is 0 Å². The number of amides is 2. The zero-order valence-electron chi connectivity index (χ0n) is 14.9. The first-order chi connectivity index (χ1) is 11.9. The van der Waals surface area contributed by atoms with Gasteiger partial charge in [-0.2, -0.15) is 0 Å². The Morgan fingerprint density at radius 1 is 1.12 bits per heavy atom. The Morgan fingerprint density at radius 3 is 2.36 bits per heavy atom. The van der Waals surface area contributed by atoms with E-state index >= 15 is 0 Å². The second-order valence-electron chi connectivity index (χ2n) is 6.37. The second kappa shape index (κ2) is 6.59. The van der Waals surface area contributed by atoms with Gasteiger partial charge in [0.25, 0.3) is 5.91 Å². The molecule has 0 spiro atoms. The van der Waals surface area contributed by atoms with Crippen molar-refractivity contribution < 1.29 is 14.3 Å². The topological polar surface area (TPSA) is 58.6 Å². The minimum absolute atomic E-state index is 0.0987. The van der Waals surface area contributed by atoms with Crippen LogP contribution in [0.5, 0.6) is 5.75 Å². The van der Waals surface area contributed by atoms with E-state index in [4.69, 9.17) is 4.74 Å². The first kappa shape index (κ1) is 17.0. The van der Waals surface area contributed by atoms with E-state index in [1.54, 1.807) is 12.0 Å². The van der Waals surface area contributed by atoms with Crippen LogP contribution in [0.1, 0.15) is 35.2 Å². The summed E-state index contributed by atoms with van der Waals surface area (Å²) in [4.78, 5) is 26.4. The molecule has 0 aromatic heterocycles. The van der Waals surface area contributed by atoms with Gasteiger partial charge in [-0.25, -0.2) is 0 Å². The SMILES string of the molecule is COc1ccc(CN2C(=O)C(NC(C)=O)c3c(C)ccc(C)c32)cc1. The van der Waals surface area contributed by atoms with Crippen LogP contribution in [-0.2, 0) is 16.1 Å². The highest BCUT2D eigenvalue weighted by molar-refractivity contribution is 6.07. The molecule has 3 rings (SSSR count). The Balaban J connectivity index is 2.01. The van der Waals surface area contributed by atoms with E-state index in [-0.39, 0.29) is 11.8 Å². The van der Waals surface area contributed by atoms with Crippen LogP contribution in [0.15, 0.2) is 36.4 Å². The maximum Gasteiger partial charge on any atom is 0.254 e. The summed E-state index contributed by atoms with van der Waals surface area (Å²) < 4.78 is 5.18. The largest absolute Gasteiger partial charge is 0.497 e. The number of rotatable bonds is 4. The van der Waals surface area contributed by atoms with Gasteiger partial charge in [0, 0.05) is 12.5 Å². The van der Waals surface area contributed by atoms with Gasteiger partial charge in [-0.05, 0) is 42.7 Å². The van der Waals surface area contributed by atoms with Gasteiger partial charge in [0.1, 0.15) is 11.8 Å². The number of methoxy groups -OCH3 is 1. The van der Waals surface area contributed by atoms with E-state index in [1.807, 2.05) is 50.2 Å². The molecule has 0 aliphatic carbocycles. The average molecular weight is 338 g/mol. The third kappa shape index (κ3) is 3.09. The first-order valence-electron chi connectivity index (χ1n) is 8.24. The molecule has 1 heterocycles. The quantitative estimate of drug-likeness (QED) is 0.932. The first-order valence-corrected chi connectivity index (χ1v) is 8.24. The number of carbonyl (C=O) groups is 2. The second-order valence-corrected chi connectivity index (χ2v) is 6.37. The normalized spacial score (nSPS) is 15.9. The summed E-state index contributed by atoms with van der Waals surface area (Å²) in [5.74, 6) is 0.468. The number of carbonyl (C=O) groups excluding carboxylic acids is 2. The van der Waals surface area contributed by atoms with Gasteiger partial charge in [0.15, 0.2) is 0 Å². The van der Waals surface area contributed by atoms with E-state index in [1.165, 1.54) is 6.92 Å². The molecule has 1 aliphatic heterocycles. The van der Waals surface area contributed by atoms with Crippen LogP contribution in [0.3, 0.4) is 0 Å². The third-order valence-corrected chi connectivity index (χ3v) is 4.56. The fourth-order valence-electron chi connectivity index (χ4n) is 3.34. The Bertz CT molecular complexity index is 828. The van der Waals surface area contributed by atoms with Gasteiger partial charge < -0.3 is 15.0 Å². The molecule has 1 N–H and O–H groups in total. The number of benzene rings is 2. The molecular weight excluding hydrogens is 316 g/mol. The standard InChI is InChI=1S/C20H22N2O3/c1-12-5-6-13(2)19-17(12)18(21-14(3)23)20(24)22(19)11-15-7-9-16(25-4)10-8-15/h5-10,18H,11H2,1-4H3,(H,21,23). The summed E-state index contributed by atoms with van der Waals surface area (Å²) in [6.07, 6.45) is 0. The molecule has 2 aromatic carbocycles. The van der Waals surface area contributed by atoms with Crippen molar-refractivity contribution in [3.05, 3.63) is 58.7 Å². The van der Waals surface area contributed by atoms with Gasteiger partial charge in [-0.1, -0.05) is 24.3 Å². The van der Waals surface area contributed by atoms with Gasteiger partial charge in [0.2, 0.25) is 5.91 Å². The van der Waals surface area contributed by atoms with Crippen molar-refractivity contribution in [1.82, 2.24) is 5.32 Å². The highest BCUT2D eigenvalue weighted by atomic mass is 16.5. The lowest BCUT2D eigenvalue weighted by Gasteiger charge is -2.20. The Kier molecular flexibility index (Phi) is 4.49. The molecule has 2 aromatic rings. The van der Waals surface area contributed by atoms with Crippen LogP contribution in [0.25, 0.3) is 0 Å². The van der Waals surface area contributed by atoms with Gasteiger partial charge >= 0.3 is 0 Å². The van der Waals surface area contributed by atoms with Gasteiger partial charge in [-0.15, -0.1) is 0 Å². The minimum atomic E-state index is -0.620. The monoisotopic (exact) mass is 338 g/mol. The summed E-state index contributed by atoms with van der Waals surface area (Å²) in [6, 6.07) is 11.0. The molecule has 2 amide bonds. The maximum atomic E-state index is 13.0. The predicted octanol–water partition coefficient (Wildman–Crippen LogP) is 3.04. The summed E-state index contributed by atoms with van der Waals surface area (Å²) >= 11 is 0. The van der Waals surface area contributed by atoms with Crippen LogP contribution in [-0.4, -0.2) is 18.9 Å². The molecule has 0 saturated carbocycles. The number of nitrogens with one attached hydrogen (secondary N) is 1. The lowest BCUT2D eigenvalue weighted by atomic mass is 9.99. The Morgan fingerprint density at radius 2 is 1.76 bits per heavy atom. The lowest BCUT2D eigenvalue weighted by molar-refractivity contribution is -0.126. The van der Waals surface area contributed by atoms with E-state index in [0.717, 1.165) is 33.7 Å². The number of anilines is 1. The fourth-order valence-corrected chi connectivity index (χ4v) is 3.34. The van der Waals surface area contributed by atoms with Gasteiger partial charge in [-0.3, -0.25) is 9.59 Å². The van der Waals surface area contributed by atoms with Gasteiger partial charge in [0.05, 0.1) is 19.3 Å². The average Bonchev–Trinajstić information content (AvgIpc) is 2.85. The molecule has 130 valence electrons. The number of hydrogen-bond donors (Lipinski definition) is 1. The highest BCUT2D eigenvalue weighted by Gasteiger charge is 2.39. The van der Waals surface area contributed by atoms with Crippen LogP contribution < -0.4 is 15.0 Å². The summed E-state index contributed by atoms with van der Waals surface area (Å²) in [7, 11) is 1.62. The molecule has 0 saturated heterocycles. The molecule has 5 heteroatoms. The zero-order valence-corrected chi connectivity index (χ0v) is 14.9. The number of fused-ring (bicyclic) bond motifs is 1. The fraction of sp³-hybridized carbons (Fsp3) is 0.300. The van der Waals surface area contributed by atoms with Crippen LogP contribution in [0, 0.1) is 13.8 Å². The smallest absolute Gasteiger partial charge is 0.254 e. The van der Waals surface area contributed by atoms with Crippen molar-refractivity contribution >= 4 is 17.5 Å². The van der Waals surface area contributed by atoms with Crippen LogP contribution in [0.2, 0.25) is 0 Å². The Hall–Kier alpha value is -2.82. The van der Waals surface area contributed by atoms with Crippen molar-refractivity contribution in [2.75, 3.05) is 12.0 Å². The molecule has 0 radical (unpaired) electrons. The maximum absolute atomic E-state index is 13.0. The highest BCUT2D eigenvalue weighted by Crippen LogP contribution is 2.41. The molecule has 1 atom stereocenters. The molecule has 5 nitrogen and oxygen atoms in total. The molecular formula is C20H22N2O3. The van der Waals surface area contributed by atoms with Crippen molar-refractivity contribution in [1.29, 1.82) is 0 Å². The summed E-state index contributed by atoms with van der Waals surface area (Å²) in [5.41, 5.74) is 4.83. The molecule has 1 unspecified atom stereocenters. The van der Waals surface area contributed by atoms with Crippen molar-refractivity contribution in [2.45, 2.75) is 33.4 Å². The molecule has 0 bridgehead atoms. The zero-order chi connectivity index (χ0) is 18.1. The van der Waals surface area contributed by atoms with Crippen LogP contribution in [0.4, 0.5) is 5.69 Å². The number of aryl methyl sites for hydroxylation is 2. The summed E-state index contributed by atoms with van der Waals surface area (Å²) in [5, 5.41) is 2.80. The minimum Gasteiger partial charge on any atom is -0.497 e. The molecule has 0 fully saturated rings.